The fourth-order valence-electron chi connectivity index (χ4n) is 5.40. The average Bonchev–Trinajstić information content (AvgIpc) is 2.98. The normalized spacial score (nSPS) is 19.4. The second-order valence-corrected chi connectivity index (χ2v) is 15.2. The SMILES string of the molecule is CCCCCCCCCC[C@H](CC(=O)OCC(Cl)(Cl)Cl)C(=O)[N@@+]1(C(=O)OC(C)(C)C)CCNCC1C(=O)OCc1ccccc1. The Labute approximate surface area is 283 Å². The van der Waals surface area contributed by atoms with E-state index >= 15 is 0 Å². The molecule has 3 atom stereocenters. The van der Waals surface area contributed by atoms with Crippen LogP contribution in [0.5, 0.6) is 0 Å². The summed E-state index contributed by atoms with van der Waals surface area (Å²) in [5.74, 6) is -2.97. The molecule has 9 nitrogen and oxygen atoms in total. The second kappa shape index (κ2) is 19.0. The van der Waals surface area contributed by atoms with Gasteiger partial charge in [0.05, 0.1) is 18.9 Å². The Morgan fingerprint density at radius 3 is 2.16 bits per heavy atom. The Hall–Kier alpha value is -1.91. The highest BCUT2D eigenvalue weighted by molar-refractivity contribution is 6.67. The van der Waals surface area contributed by atoms with E-state index in [4.69, 9.17) is 49.0 Å². The molecule has 1 heterocycles. The van der Waals surface area contributed by atoms with E-state index in [1.54, 1.807) is 20.8 Å². The third-order valence-electron chi connectivity index (χ3n) is 7.68. The van der Waals surface area contributed by atoms with Crippen LogP contribution < -0.4 is 5.32 Å². The van der Waals surface area contributed by atoms with Crippen LogP contribution in [0.25, 0.3) is 0 Å². The lowest BCUT2D eigenvalue weighted by atomic mass is 9.92. The van der Waals surface area contributed by atoms with Crippen LogP contribution in [-0.4, -0.2) is 70.1 Å². The van der Waals surface area contributed by atoms with Gasteiger partial charge in [-0.1, -0.05) is 123 Å². The van der Waals surface area contributed by atoms with Crippen LogP contribution in [0.15, 0.2) is 30.3 Å². The van der Waals surface area contributed by atoms with E-state index in [0.717, 1.165) is 31.2 Å². The molecule has 1 aromatic carbocycles. The van der Waals surface area contributed by atoms with Crippen molar-refractivity contribution in [2.24, 2.45) is 5.92 Å². The summed E-state index contributed by atoms with van der Waals surface area (Å²) in [6, 6.07) is 7.92. The molecule has 1 aliphatic rings. The van der Waals surface area contributed by atoms with Gasteiger partial charge in [0.15, 0.2) is 0 Å². The molecule has 2 amide bonds. The number of hydrogen-bond acceptors (Lipinski definition) is 8. The maximum absolute atomic E-state index is 14.7. The highest BCUT2D eigenvalue weighted by atomic mass is 35.6. The highest BCUT2D eigenvalue weighted by Crippen LogP contribution is 2.31. The number of nitrogens with one attached hydrogen (secondary N) is 1. The number of amides is 2. The first-order chi connectivity index (χ1) is 21.2. The number of quaternary nitrogens is 1. The molecule has 1 unspecified atom stereocenters. The zero-order valence-corrected chi connectivity index (χ0v) is 29.4. The summed E-state index contributed by atoms with van der Waals surface area (Å²) >= 11 is 17.3. The van der Waals surface area contributed by atoms with Gasteiger partial charge < -0.3 is 19.5 Å². The Kier molecular flexibility index (Phi) is 16.6. The molecule has 1 saturated heterocycles. The Morgan fingerprint density at radius 1 is 0.933 bits per heavy atom. The van der Waals surface area contributed by atoms with Crippen molar-refractivity contribution in [1.29, 1.82) is 0 Å². The highest BCUT2D eigenvalue weighted by Gasteiger charge is 2.60. The number of unbranched alkanes of at least 4 members (excludes halogenated alkanes) is 7. The fourth-order valence-corrected chi connectivity index (χ4v) is 5.56. The molecule has 1 aromatic rings. The van der Waals surface area contributed by atoms with Gasteiger partial charge in [0, 0.05) is 6.54 Å². The van der Waals surface area contributed by atoms with Crippen LogP contribution in [0.2, 0.25) is 0 Å². The van der Waals surface area contributed by atoms with Crippen molar-refractivity contribution >= 4 is 58.7 Å². The monoisotopic (exact) mass is 691 g/mol. The Balaban J connectivity index is 2.36. The van der Waals surface area contributed by atoms with Gasteiger partial charge in [-0.3, -0.25) is 4.79 Å². The molecule has 254 valence electrons. The maximum atomic E-state index is 14.7. The van der Waals surface area contributed by atoms with E-state index in [1.807, 2.05) is 30.3 Å². The number of carbonyl (C=O) groups is 4. The van der Waals surface area contributed by atoms with E-state index in [0.29, 0.717) is 12.8 Å². The van der Waals surface area contributed by atoms with Gasteiger partial charge in [-0.15, -0.1) is 4.48 Å². The van der Waals surface area contributed by atoms with Crippen molar-refractivity contribution in [3.8, 4) is 0 Å². The molecule has 0 aliphatic carbocycles. The minimum Gasteiger partial charge on any atom is -0.461 e. The van der Waals surface area contributed by atoms with Crippen molar-refractivity contribution in [3.05, 3.63) is 35.9 Å². The van der Waals surface area contributed by atoms with Crippen LogP contribution in [-0.2, 0) is 35.2 Å². The number of hydrogen-bond donors (Lipinski definition) is 1. The number of esters is 2. The number of carbonyl (C=O) groups excluding carboxylic acids is 4. The standard InChI is InChI=1S/C33H50Cl3N2O7/c1-5-6-7-8-9-10-11-15-18-26(21-28(39)44-24-33(34,35)36)29(40)38(31(42)45-32(2,3)4)20-19-37-22-27(38)30(41)43-23-25-16-13-12-14-17-25/h12-14,16-17,26-27,37H,5-11,15,18-24H2,1-4H3/q+1/t26-,27?,38-/m1/s1. The number of imide groups is 1. The Bertz CT molecular complexity index is 1090. The van der Waals surface area contributed by atoms with Crippen LogP contribution in [0.3, 0.4) is 0 Å². The fraction of sp³-hybridized carbons (Fsp3) is 0.697. The van der Waals surface area contributed by atoms with Gasteiger partial charge in [-0.25, -0.2) is 9.59 Å². The van der Waals surface area contributed by atoms with E-state index < -0.39 is 56.4 Å². The lowest BCUT2D eigenvalue weighted by molar-refractivity contribution is -0.806. The molecule has 12 heteroatoms. The van der Waals surface area contributed by atoms with Crippen molar-refractivity contribution in [3.63, 3.8) is 0 Å². The zero-order chi connectivity index (χ0) is 33.5. The molecule has 0 saturated carbocycles. The second-order valence-electron chi connectivity index (χ2n) is 12.7. The van der Waals surface area contributed by atoms with Crippen molar-refractivity contribution in [2.45, 2.75) is 114 Å². The van der Waals surface area contributed by atoms with Crippen LogP contribution in [0.1, 0.15) is 97.5 Å². The minimum atomic E-state index is -1.82. The third-order valence-corrected chi connectivity index (χ3v) is 8.01. The molecule has 1 N–H and O–H groups in total. The van der Waals surface area contributed by atoms with Gasteiger partial charge >= 0.3 is 23.9 Å². The molecule has 1 aliphatic heterocycles. The first-order valence-corrected chi connectivity index (χ1v) is 17.1. The number of rotatable bonds is 16. The topological polar surface area (TPSA) is 108 Å². The molecular weight excluding hydrogens is 643 g/mol. The van der Waals surface area contributed by atoms with Crippen molar-refractivity contribution in [2.75, 3.05) is 26.2 Å². The average molecular weight is 693 g/mol. The number of alkyl halides is 3. The number of ether oxygens (including phenoxy) is 3. The molecule has 0 spiro atoms. The largest absolute Gasteiger partial charge is 0.524 e. The number of benzene rings is 1. The van der Waals surface area contributed by atoms with Crippen molar-refractivity contribution in [1.82, 2.24) is 5.32 Å². The zero-order valence-electron chi connectivity index (χ0n) is 27.1. The summed E-state index contributed by atoms with van der Waals surface area (Å²) in [5, 5.41) is 3.13. The summed E-state index contributed by atoms with van der Waals surface area (Å²) in [6.45, 7) is 7.00. The molecule has 0 bridgehead atoms. The van der Waals surface area contributed by atoms with E-state index in [9.17, 15) is 19.2 Å². The maximum Gasteiger partial charge on any atom is 0.524 e. The van der Waals surface area contributed by atoms with E-state index in [-0.39, 0.29) is 32.7 Å². The van der Waals surface area contributed by atoms with Gasteiger partial charge in [-0.2, -0.15) is 4.79 Å². The molecule has 45 heavy (non-hydrogen) atoms. The predicted octanol–water partition coefficient (Wildman–Crippen LogP) is 7.43. The smallest absolute Gasteiger partial charge is 0.461 e. The van der Waals surface area contributed by atoms with Gasteiger partial charge in [-0.05, 0) is 32.8 Å². The summed E-state index contributed by atoms with van der Waals surface area (Å²) in [7, 11) is 0. The molecule has 1 fully saturated rings. The minimum absolute atomic E-state index is 0.0147. The summed E-state index contributed by atoms with van der Waals surface area (Å²) in [6.07, 6.45) is 7.44. The quantitative estimate of drug-likeness (QED) is 0.0627. The molecule has 0 radical (unpaired) electrons. The number of halogens is 3. The Morgan fingerprint density at radius 2 is 1.56 bits per heavy atom. The third kappa shape index (κ3) is 13.8. The van der Waals surface area contributed by atoms with Gasteiger partial charge in [0.25, 0.3) is 0 Å². The van der Waals surface area contributed by atoms with Gasteiger partial charge in [0.2, 0.25) is 9.83 Å². The summed E-state index contributed by atoms with van der Waals surface area (Å²) in [5.41, 5.74) is -0.177. The predicted molar refractivity (Wildman–Crippen MR) is 176 cm³/mol. The van der Waals surface area contributed by atoms with Crippen LogP contribution >= 0.6 is 34.8 Å². The van der Waals surface area contributed by atoms with Crippen LogP contribution in [0, 0.1) is 5.92 Å². The van der Waals surface area contributed by atoms with Crippen LogP contribution in [0.4, 0.5) is 4.79 Å². The van der Waals surface area contributed by atoms with E-state index in [2.05, 4.69) is 12.2 Å². The van der Waals surface area contributed by atoms with Crippen molar-refractivity contribution < 1.29 is 37.9 Å². The summed E-state index contributed by atoms with van der Waals surface area (Å²) < 4.78 is 13.9. The molecular formula is C33H50Cl3N2O7+. The van der Waals surface area contributed by atoms with Gasteiger partial charge in [0.1, 0.15) is 25.4 Å². The molecule has 2 rings (SSSR count). The molecule has 0 aromatic heterocycles. The number of piperazine rings is 1. The van der Waals surface area contributed by atoms with E-state index in [1.165, 1.54) is 19.3 Å². The lowest BCUT2D eigenvalue weighted by Crippen LogP contribution is -2.74. The first kappa shape index (κ1) is 39.3. The first-order valence-electron chi connectivity index (χ1n) is 16.0. The lowest BCUT2D eigenvalue weighted by Gasteiger charge is -2.42. The number of nitrogens with zero attached hydrogens (tertiary/aromatic N) is 1. The summed E-state index contributed by atoms with van der Waals surface area (Å²) in [4.78, 5) is 55.3.